The maximum atomic E-state index is 12.4. The third kappa shape index (κ3) is 9.73. The lowest BCUT2D eigenvalue weighted by molar-refractivity contribution is -0.138. The van der Waals surface area contributed by atoms with Crippen LogP contribution in [-0.4, -0.2) is 14.7 Å². The standard InChI is InChI=1S/C14H12F3NO3S.C13H10F3NO/c1-22(19,20)18-11-4-8-13(9-5-11)21-12-6-2-10(3-7-12)14(15,16)17;14-13(15,16)9-1-5-11(6-2-9)18-12-7-3-10(17)4-8-12/h2-9,18H,1H3;1-8H,17H2. The number of rotatable bonds is 6. The van der Waals surface area contributed by atoms with Gasteiger partial charge in [0.05, 0.1) is 17.4 Å². The molecule has 0 aliphatic heterocycles. The SMILES string of the molecule is CS(=O)(=O)Nc1ccc(Oc2ccc(C(F)(F)F)cc2)cc1.Nc1ccc(Oc2ccc(C(F)(F)F)cc2)cc1. The van der Waals surface area contributed by atoms with E-state index in [4.69, 9.17) is 15.2 Å². The van der Waals surface area contributed by atoms with Crippen molar-refractivity contribution < 1.29 is 44.2 Å². The first-order valence-electron chi connectivity index (χ1n) is 11.2. The number of halogens is 6. The number of ether oxygens (including phenoxy) is 2. The van der Waals surface area contributed by atoms with Crippen LogP contribution in [0.5, 0.6) is 23.0 Å². The van der Waals surface area contributed by atoms with Gasteiger partial charge in [0.15, 0.2) is 0 Å². The van der Waals surface area contributed by atoms with Crippen molar-refractivity contribution in [2.24, 2.45) is 0 Å². The largest absolute Gasteiger partial charge is 0.457 e. The maximum absolute atomic E-state index is 12.4. The molecular weight excluding hydrogens is 562 g/mol. The average molecular weight is 585 g/mol. The molecule has 40 heavy (non-hydrogen) atoms. The van der Waals surface area contributed by atoms with E-state index in [2.05, 4.69) is 4.72 Å². The third-order valence-corrected chi connectivity index (χ3v) is 5.48. The number of hydrogen-bond acceptors (Lipinski definition) is 5. The van der Waals surface area contributed by atoms with E-state index in [-0.39, 0.29) is 5.75 Å². The Labute approximate surface area is 226 Å². The van der Waals surface area contributed by atoms with Crippen LogP contribution in [0.2, 0.25) is 0 Å². The van der Waals surface area contributed by atoms with Gasteiger partial charge in [0, 0.05) is 11.4 Å². The summed E-state index contributed by atoms with van der Waals surface area (Å²) in [4.78, 5) is 0. The van der Waals surface area contributed by atoms with Gasteiger partial charge in [-0.2, -0.15) is 26.3 Å². The first kappa shape index (κ1) is 30.2. The highest BCUT2D eigenvalue weighted by molar-refractivity contribution is 7.92. The predicted octanol–water partition coefficient (Wildman–Crippen LogP) is 7.95. The topological polar surface area (TPSA) is 90.7 Å². The molecule has 0 heterocycles. The molecule has 3 N–H and O–H groups in total. The van der Waals surface area contributed by atoms with Crippen molar-refractivity contribution >= 4 is 21.4 Å². The molecule has 0 aliphatic carbocycles. The molecule has 0 saturated heterocycles. The Morgan fingerprint density at radius 2 is 0.875 bits per heavy atom. The molecule has 0 spiro atoms. The number of anilines is 2. The minimum Gasteiger partial charge on any atom is -0.457 e. The van der Waals surface area contributed by atoms with E-state index in [0.717, 1.165) is 30.5 Å². The Kier molecular flexibility index (Phi) is 9.20. The molecule has 0 aromatic heterocycles. The number of sulfonamides is 1. The van der Waals surface area contributed by atoms with Gasteiger partial charge in [-0.1, -0.05) is 0 Å². The fraction of sp³-hybridized carbons (Fsp3) is 0.111. The zero-order valence-corrected chi connectivity index (χ0v) is 21.4. The van der Waals surface area contributed by atoms with Crippen molar-refractivity contribution in [1.29, 1.82) is 0 Å². The Balaban J connectivity index is 0.000000225. The number of benzene rings is 4. The predicted molar refractivity (Wildman–Crippen MR) is 139 cm³/mol. The van der Waals surface area contributed by atoms with Crippen LogP contribution in [0.25, 0.3) is 0 Å². The lowest BCUT2D eigenvalue weighted by Crippen LogP contribution is -2.09. The van der Waals surface area contributed by atoms with Crippen molar-refractivity contribution in [3.8, 4) is 23.0 Å². The zero-order chi connectivity index (χ0) is 29.6. The average Bonchev–Trinajstić information content (AvgIpc) is 2.86. The minimum atomic E-state index is -4.39. The Morgan fingerprint density at radius 1 is 0.575 bits per heavy atom. The van der Waals surface area contributed by atoms with Gasteiger partial charge >= 0.3 is 12.4 Å². The Hall–Kier alpha value is -4.39. The molecule has 13 heteroatoms. The second-order valence-electron chi connectivity index (χ2n) is 8.22. The van der Waals surface area contributed by atoms with Crippen molar-refractivity contribution in [2.75, 3.05) is 16.7 Å². The van der Waals surface area contributed by atoms with Gasteiger partial charge in [0.2, 0.25) is 10.0 Å². The molecule has 0 unspecified atom stereocenters. The van der Waals surface area contributed by atoms with Crippen molar-refractivity contribution in [3.63, 3.8) is 0 Å². The van der Waals surface area contributed by atoms with E-state index in [9.17, 15) is 34.8 Å². The quantitative estimate of drug-likeness (QED) is 0.177. The second kappa shape index (κ2) is 12.2. The van der Waals surface area contributed by atoms with Gasteiger partial charge in [-0.15, -0.1) is 0 Å². The van der Waals surface area contributed by atoms with Crippen LogP contribution < -0.4 is 19.9 Å². The number of nitrogen functional groups attached to an aromatic ring is 1. The van der Waals surface area contributed by atoms with Crippen molar-refractivity contribution in [1.82, 2.24) is 0 Å². The van der Waals surface area contributed by atoms with E-state index < -0.39 is 33.5 Å². The summed E-state index contributed by atoms with van der Waals surface area (Å²) in [6.45, 7) is 0. The summed E-state index contributed by atoms with van der Waals surface area (Å²) in [7, 11) is -3.37. The second-order valence-corrected chi connectivity index (χ2v) is 9.96. The number of nitrogens with two attached hydrogens (primary N) is 1. The third-order valence-electron chi connectivity index (χ3n) is 4.87. The monoisotopic (exact) mass is 584 g/mol. The van der Waals surface area contributed by atoms with E-state index in [1.807, 2.05) is 0 Å². The van der Waals surface area contributed by atoms with Crippen LogP contribution in [0.15, 0.2) is 97.1 Å². The van der Waals surface area contributed by atoms with E-state index in [1.54, 1.807) is 24.3 Å². The summed E-state index contributed by atoms with van der Waals surface area (Å²) >= 11 is 0. The van der Waals surface area contributed by atoms with E-state index >= 15 is 0 Å². The summed E-state index contributed by atoms with van der Waals surface area (Å²) in [5.74, 6) is 1.48. The molecule has 4 aromatic carbocycles. The minimum absolute atomic E-state index is 0.247. The highest BCUT2D eigenvalue weighted by Crippen LogP contribution is 2.32. The Bertz CT molecular complexity index is 1490. The van der Waals surface area contributed by atoms with Gasteiger partial charge in [0.25, 0.3) is 0 Å². The molecule has 4 rings (SSSR count). The van der Waals surface area contributed by atoms with Gasteiger partial charge in [-0.3, -0.25) is 4.72 Å². The highest BCUT2D eigenvalue weighted by Gasteiger charge is 2.30. The lowest BCUT2D eigenvalue weighted by Gasteiger charge is -2.09. The smallest absolute Gasteiger partial charge is 0.416 e. The normalized spacial score (nSPS) is 11.7. The summed E-state index contributed by atoms with van der Waals surface area (Å²) in [5, 5.41) is 0. The molecule has 0 bridgehead atoms. The first-order valence-corrected chi connectivity index (χ1v) is 13.1. The maximum Gasteiger partial charge on any atom is 0.416 e. The van der Waals surface area contributed by atoms with Crippen LogP contribution in [0.3, 0.4) is 0 Å². The lowest BCUT2D eigenvalue weighted by atomic mass is 10.2. The molecule has 0 radical (unpaired) electrons. The first-order chi connectivity index (χ1) is 18.6. The summed E-state index contributed by atoms with van der Waals surface area (Å²) < 4.78 is 109. The summed E-state index contributed by atoms with van der Waals surface area (Å²) in [6, 6.07) is 21.4. The highest BCUT2D eigenvalue weighted by atomic mass is 32.2. The van der Waals surface area contributed by atoms with Gasteiger partial charge in [0.1, 0.15) is 23.0 Å². The van der Waals surface area contributed by atoms with Crippen molar-refractivity contribution in [2.45, 2.75) is 12.4 Å². The molecule has 0 fully saturated rings. The van der Waals surface area contributed by atoms with E-state index in [0.29, 0.717) is 28.6 Å². The molecule has 0 amide bonds. The van der Waals surface area contributed by atoms with Crippen LogP contribution in [-0.2, 0) is 22.4 Å². The fourth-order valence-corrected chi connectivity index (χ4v) is 3.60. The van der Waals surface area contributed by atoms with Crippen LogP contribution in [0.1, 0.15) is 11.1 Å². The Morgan fingerprint density at radius 3 is 1.18 bits per heavy atom. The van der Waals surface area contributed by atoms with Crippen LogP contribution >= 0.6 is 0 Å². The van der Waals surface area contributed by atoms with Crippen LogP contribution in [0, 0.1) is 0 Å². The molecule has 0 aliphatic rings. The molecule has 0 saturated carbocycles. The number of alkyl halides is 6. The van der Waals surface area contributed by atoms with E-state index in [1.165, 1.54) is 48.5 Å². The molecule has 4 aromatic rings. The van der Waals surface area contributed by atoms with Gasteiger partial charge in [-0.05, 0) is 97.1 Å². The molecule has 212 valence electrons. The molecule has 0 atom stereocenters. The fourth-order valence-electron chi connectivity index (χ4n) is 3.04. The summed E-state index contributed by atoms with van der Waals surface area (Å²) in [6.07, 6.45) is -7.70. The van der Waals surface area contributed by atoms with Crippen LogP contribution in [0.4, 0.5) is 37.7 Å². The zero-order valence-electron chi connectivity index (χ0n) is 20.6. The van der Waals surface area contributed by atoms with Gasteiger partial charge < -0.3 is 15.2 Å². The summed E-state index contributed by atoms with van der Waals surface area (Å²) in [5.41, 5.74) is 5.00. The number of hydrogen-bond donors (Lipinski definition) is 2. The molecular formula is C27H22F6N2O4S. The van der Waals surface area contributed by atoms with Gasteiger partial charge in [-0.25, -0.2) is 8.42 Å². The molecule has 6 nitrogen and oxygen atoms in total. The van der Waals surface area contributed by atoms with Crippen molar-refractivity contribution in [3.05, 3.63) is 108 Å². The number of nitrogens with one attached hydrogen (secondary N) is 1.